The zero-order valence-corrected chi connectivity index (χ0v) is 12.8. The van der Waals surface area contributed by atoms with Crippen LogP contribution in [0.1, 0.15) is 56.7 Å². The summed E-state index contributed by atoms with van der Waals surface area (Å²) in [6.45, 7) is 2.26. The molecule has 1 aliphatic rings. The molecule has 0 radical (unpaired) electrons. The minimum Gasteiger partial charge on any atom is -0.384 e. The van der Waals surface area contributed by atoms with Crippen molar-refractivity contribution in [3.8, 4) is 0 Å². The Labute approximate surface area is 116 Å². The van der Waals surface area contributed by atoms with Crippen molar-refractivity contribution in [1.29, 1.82) is 0 Å². The van der Waals surface area contributed by atoms with Crippen LogP contribution in [0.4, 0.5) is 0 Å². The van der Waals surface area contributed by atoms with E-state index in [0.717, 1.165) is 34.5 Å². The van der Waals surface area contributed by atoms with Crippen LogP contribution in [0.15, 0.2) is 15.9 Å². The molecule has 2 atom stereocenters. The smallest absolute Gasteiger partial charge is 0.0999 e. The third-order valence-electron chi connectivity index (χ3n) is 3.91. The van der Waals surface area contributed by atoms with Gasteiger partial charge in [-0.3, -0.25) is 0 Å². The monoisotopic (exact) mass is 316 g/mol. The van der Waals surface area contributed by atoms with E-state index in [0.29, 0.717) is 0 Å². The van der Waals surface area contributed by atoms with E-state index in [1.165, 1.54) is 25.7 Å². The van der Waals surface area contributed by atoms with E-state index in [1.807, 2.05) is 6.07 Å². The first-order chi connectivity index (χ1) is 8.15. The minimum absolute atomic E-state index is 0.574. The summed E-state index contributed by atoms with van der Waals surface area (Å²) in [7, 11) is 0. The van der Waals surface area contributed by atoms with Crippen molar-refractivity contribution < 1.29 is 5.11 Å². The Kier molecular flexibility index (Phi) is 4.67. The van der Waals surface area contributed by atoms with Crippen LogP contribution in [-0.4, -0.2) is 5.11 Å². The van der Waals surface area contributed by atoms with Crippen molar-refractivity contribution in [2.24, 2.45) is 5.92 Å². The average molecular weight is 317 g/mol. The maximum absolute atomic E-state index is 10.9. The molecule has 1 aromatic rings. The normalized spacial score (nSPS) is 30.2. The highest BCUT2D eigenvalue weighted by Crippen LogP contribution is 2.43. The van der Waals surface area contributed by atoms with Crippen LogP contribution in [0.3, 0.4) is 0 Å². The molecule has 2 unspecified atom stereocenters. The topological polar surface area (TPSA) is 20.2 Å². The van der Waals surface area contributed by atoms with Crippen molar-refractivity contribution in [1.82, 2.24) is 0 Å². The highest BCUT2D eigenvalue weighted by molar-refractivity contribution is 9.10. The molecule has 96 valence electrons. The molecule has 0 saturated heterocycles. The molecule has 2 rings (SSSR count). The number of hydrogen-bond acceptors (Lipinski definition) is 2. The van der Waals surface area contributed by atoms with E-state index in [2.05, 4.69) is 28.2 Å². The molecule has 1 saturated carbocycles. The molecule has 0 amide bonds. The molecular weight excluding hydrogens is 296 g/mol. The number of hydrogen-bond donors (Lipinski definition) is 1. The molecule has 1 fully saturated rings. The van der Waals surface area contributed by atoms with Crippen molar-refractivity contribution in [3.63, 3.8) is 0 Å². The molecule has 0 aromatic carbocycles. The van der Waals surface area contributed by atoms with Crippen LogP contribution in [-0.2, 0) is 5.60 Å². The van der Waals surface area contributed by atoms with E-state index in [1.54, 1.807) is 11.3 Å². The number of thiophene rings is 1. The fourth-order valence-electron chi connectivity index (χ4n) is 2.95. The summed E-state index contributed by atoms with van der Waals surface area (Å²) in [5, 5.41) is 12.9. The Balaban J connectivity index is 2.09. The van der Waals surface area contributed by atoms with E-state index in [9.17, 15) is 5.11 Å². The largest absolute Gasteiger partial charge is 0.384 e. The van der Waals surface area contributed by atoms with Gasteiger partial charge in [-0.25, -0.2) is 0 Å². The molecule has 1 nitrogen and oxygen atoms in total. The first kappa shape index (κ1) is 13.6. The lowest BCUT2D eigenvalue weighted by Gasteiger charge is -2.26. The van der Waals surface area contributed by atoms with Gasteiger partial charge in [0.15, 0.2) is 0 Å². The first-order valence-corrected chi connectivity index (χ1v) is 8.29. The SMILES string of the molecule is CCCC1CCCC(O)(c2sccc2Br)CC1. The van der Waals surface area contributed by atoms with Gasteiger partial charge in [-0.2, -0.15) is 0 Å². The molecule has 1 heterocycles. The van der Waals surface area contributed by atoms with Crippen LogP contribution < -0.4 is 0 Å². The minimum atomic E-state index is -0.574. The second-order valence-corrected chi connectivity index (χ2v) is 6.99. The Morgan fingerprint density at radius 1 is 1.47 bits per heavy atom. The summed E-state index contributed by atoms with van der Waals surface area (Å²) < 4.78 is 1.08. The van der Waals surface area contributed by atoms with Gasteiger partial charge in [0.2, 0.25) is 0 Å². The Hall–Kier alpha value is 0.140. The van der Waals surface area contributed by atoms with Crippen LogP contribution in [0.5, 0.6) is 0 Å². The molecule has 0 bridgehead atoms. The van der Waals surface area contributed by atoms with Crippen LogP contribution >= 0.6 is 27.3 Å². The Bertz CT molecular complexity index is 363. The van der Waals surface area contributed by atoms with Crippen molar-refractivity contribution in [2.45, 2.75) is 57.5 Å². The van der Waals surface area contributed by atoms with Crippen LogP contribution in [0, 0.1) is 5.92 Å². The summed E-state index contributed by atoms with van der Waals surface area (Å²) in [6, 6.07) is 2.05. The van der Waals surface area contributed by atoms with Gasteiger partial charge in [0.05, 0.1) is 10.5 Å². The molecule has 1 aromatic heterocycles. The lowest BCUT2D eigenvalue weighted by Crippen LogP contribution is -2.23. The average Bonchev–Trinajstić information content (AvgIpc) is 2.64. The standard InChI is InChI=1S/C14H21BrOS/c1-2-4-11-5-3-8-14(16,9-6-11)13-12(15)7-10-17-13/h7,10-11,16H,2-6,8-9H2,1H3. The van der Waals surface area contributed by atoms with E-state index >= 15 is 0 Å². The molecule has 17 heavy (non-hydrogen) atoms. The van der Waals surface area contributed by atoms with Crippen molar-refractivity contribution in [3.05, 3.63) is 20.8 Å². The van der Waals surface area contributed by atoms with Gasteiger partial charge in [-0.15, -0.1) is 11.3 Å². The summed E-state index contributed by atoms with van der Waals surface area (Å²) in [5.41, 5.74) is -0.574. The predicted octanol–water partition coefficient (Wildman–Crippen LogP) is 5.08. The molecule has 3 heteroatoms. The Morgan fingerprint density at radius 2 is 2.29 bits per heavy atom. The first-order valence-electron chi connectivity index (χ1n) is 6.61. The quantitative estimate of drug-likeness (QED) is 0.771. The van der Waals surface area contributed by atoms with Crippen LogP contribution in [0.2, 0.25) is 0 Å². The van der Waals surface area contributed by atoms with Gasteiger partial charge < -0.3 is 5.11 Å². The lowest BCUT2D eigenvalue weighted by atomic mass is 9.91. The molecule has 0 aliphatic heterocycles. The maximum Gasteiger partial charge on any atom is 0.0999 e. The van der Waals surface area contributed by atoms with Crippen LogP contribution in [0.25, 0.3) is 0 Å². The number of aliphatic hydroxyl groups is 1. The van der Waals surface area contributed by atoms with Crippen molar-refractivity contribution in [2.75, 3.05) is 0 Å². The van der Waals surface area contributed by atoms with Gasteiger partial charge in [0, 0.05) is 4.47 Å². The summed E-state index contributed by atoms with van der Waals surface area (Å²) in [4.78, 5) is 1.13. The summed E-state index contributed by atoms with van der Waals surface area (Å²) in [5.74, 6) is 0.827. The fourth-order valence-corrected chi connectivity index (χ4v) is 4.85. The lowest BCUT2D eigenvalue weighted by molar-refractivity contribution is 0.0226. The summed E-state index contributed by atoms with van der Waals surface area (Å²) >= 11 is 5.24. The van der Waals surface area contributed by atoms with Gasteiger partial charge >= 0.3 is 0 Å². The highest BCUT2D eigenvalue weighted by atomic mass is 79.9. The highest BCUT2D eigenvalue weighted by Gasteiger charge is 2.34. The third kappa shape index (κ3) is 3.12. The van der Waals surface area contributed by atoms with Gasteiger partial charge in [0.1, 0.15) is 0 Å². The third-order valence-corrected chi connectivity index (χ3v) is 5.94. The molecule has 1 N–H and O–H groups in total. The molecule has 1 aliphatic carbocycles. The molecule has 0 spiro atoms. The summed E-state index contributed by atoms with van der Waals surface area (Å²) in [6.07, 6.45) is 8.07. The van der Waals surface area contributed by atoms with E-state index in [-0.39, 0.29) is 0 Å². The van der Waals surface area contributed by atoms with Gasteiger partial charge in [-0.1, -0.05) is 26.2 Å². The van der Waals surface area contributed by atoms with Gasteiger partial charge in [0.25, 0.3) is 0 Å². The van der Waals surface area contributed by atoms with Crippen molar-refractivity contribution >= 4 is 27.3 Å². The zero-order valence-electron chi connectivity index (χ0n) is 10.4. The Morgan fingerprint density at radius 3 is 2.94 bits per heavy atom. The predicted molar refractivity (Wildman–Crippen MR) is 77.4 cm³/mol. The second-order valence-electron chi connectivity index (χ2n) is 5.21. The molecular formula is C14H21BrOS. The number of rotatable bonds is 3. The maximum atomic E-state index is 10.9. The van der Waals surface area contributed by atoms with Gasteiger partial charge in [-0.05, 0) is 59.0 Å². The zero-order chi connectivity index (χ0) is 12.3. The van der Waals surface area contributed by atoms with E-state index < -0.39 is 5.60 Å². The second kappa shape index (κ2) is 5.85. The fraction of sp³-hybridized carbons (Fsp3) is 0.714. The van der Waals surface area contributed by atoms with E-state index in [4.69, 9.17) is 0 Å². The number of halogens is 1.